The maximum atomic E-state index is 13.7. The van der Waals surface area contributed by atoms with Gasteiger partial charge in [-0.25, -0.2) is 8.78 Å². The van der Waals surface area contributed by atoms with Gasteiger partial charge in [-0.2, -0.15) is 0 Å². The van der Waals surface area contributed by atoms with E-state index >= 15 is 0 Å². The van der Waals surface area contributed by atoms with Gasteiger partial charge in [0.1, 0.15) is 23.7 Å². The molecule has 2 saturated heterocycles. The number of fused-ring (bicyclic) bond motifs is 1. The lowest BCUT2D eigenvalue weighted by Crippen LogP contribution is -2.61. The number of halogens is 2. The Morgan fingerprint density at radius 3 is 2.18 bits per heavy atom. The molecule has 2 aliphatic rings. The van der Waals surface area contributed by atoms with Gasteiger partial charge in [0.25, 0.3) is 0 Å². The minimum Gasteiger partial charge on any atom is -0.350 e. The standard InChI is InChI=1S/C28H32F2N4O4/c1-2-25(35)32-23-17-33(26(36)15-18-3-7-20(29)8-4-18)14-13-22-11-12-24(34(22)28(23)38)27(37)31-16-19-5-9-21(30)10-6-19/h3-10,22-24H,2,11-17H2,1H3,(H,31,37)(H,32,35). The predicted octanol–water partition coefficient (Wildman–Crippen LogP) is 2.31. The molecule has 0 bridgehead atoms. The SMILES string of the molecule is CCC(=O)NC1CN(C(=O)Cc2ccc(F)cc2)CCC2CCC(C(=O)NCc3ccc(F)cc3)N2C1=O. The maximum Gasteiger partial charge on any atom is 0.247 e. The Hall–Kier alpha value is -3.82. The molecule has 2 aliphatic heterocycles. The second-order valence-corrected chi connectivity index (χ2v) is 9.74. The first-order valence-electron chi connectivity index (χ1n) is 12.9. The van der Waals surface area contributed by atoms with Crippen LogP contribution < -0.4 is 10.6 Å². The van der Waals surface area contributed by atoms with Crippen LogP contribution in [0.3, 0.4) is 0 Å². The van der Waals surface area contributed by atoms with Crippen LogP contribution in [0.15, 0.2) is 48.5 Å². The van der Waals surface area contributed by atoms with Crippen LogP contribution in [0, 0.1) is 11.6 Å². The second-order valence-electron chi connectivity index (χ2n) is 9.74. The topological polar surface area (TPSA) is 98.8 Å². The Labute approximate surface area is 220 Å². The first kappa shape index (κ1) is 27.2. The van der Waals surface area contributed by atoms with E-state index in [1.807, 2.05) is 0 Å². The van der Waals surface area contributed by atoms with Crippen molar-refractivity contribution in [1.82, 2.24) is 20.4 Å². The zero-order valence-corrected chi connectivity index (χ0v) is 21.3. The lowest BCUT2D eigenvalue weighted by molar-refractivity contribution is -0.146. The maximum absolute atomic E-state index is 13.7. The molecule has 2 N–H and O–H groups in total. The fourth-order valence-electron chi connectivity index (χ4n) is 5.06. The molecular weight excluding hydrogens is 494 g/mol. The number of carbonyl (C=O) groups excluding carboxylic acids is 4. The highest BCUT2D eigenvalue weighted by Gasteiger charge is 2.45. The van der Waals surface area contributed by atoms with Gasteiger partial charge in [0.05, 0.1) is 6.42 Å². The summed E-state index contributed by atoms with van der Waals surface area (Å²) in [5.41, 5.74) is 1.39. The molecule has 0 aliphatic carbocycles. The van der Waals surface area contributed by atoms with E-state index in [0.717, 1.165) is 5.56 Å². The lowest BCUT2D eigenvalue weighted by Gasteiger charge is -2.38. The number of nitrogens with zero attached hydrogens (tertiary/aromatic N) is 2. The molecule has 202 valence electrons. The number of hydrogen-bond acceptors (Lipinski definition) is 4. The fraction of sp³-hybridized carbons (Fsp3) is 0.429. The summed E-state index contributed by atoms with van der Waals surface area (Å²) < 4.78 is 26.5. The molecular formula is C28H32F2N4O4. The molecule has 2 aromatic carbocycles. The van der Waals surface area contributed by atoms with Gasteiger partial charge in [0.2, 0.25) is 23.6 Å². The zero-order valence-electron chi connectivity index (χ0n) is 21.3. The smallest absolute Gasteiger partial charge is 0.247 e. The minimum absolute atomic E-state index is 0.0161. The molecule has 0 radical (unpaired) electrons. The summed E-state index contributed by atoms with van der Waals surface area (Å²) >= 11 is 0. The summed E-state index contributed by atoms with van der Waals surface area (Å²) in [6.45, 7) is 2.21. The van der Waals surface area contributed by atoms with Gasteiger partial charge < -0.3 is 20.4 Å². The van der Waals surface area contributed by atoms with Crippen LogP contribution in [0.4, 0.5) is 8.78 Å². The van der Waals surface area contributed by atoms with Crippen molar-refractivity contribution in [3.63, 3.8) is 0 Å². The third-order valence-electron chi connectivity index (χ3n) is 7.15. The van der Waals surface area contributed by atoms with Crippen LogP contribution in [0.25, 0.3) is 0 Å². The molecule has 3 atom stereocenters. The molecule has 2 heterocycles. The Bertz CT molecular complexity index is 1170. The lowest BCUT2D eigenvalue weighted by atomic mass is 10.1. The molecule has 2 fully saturated rings. The Kier molecular flexibility index (Phi) is 8.70. The van der Waals surface area contributed by atoms with E-state index in [1.165, 1.54) is 24.3 Å². The average molecular weight is 527 g/mol. The Morgan fingerprint density at radius 1 is 0.921 bits per heavy atom. The summed E-state index contributed by atoms with van der Waals surface area (Å²) in [6, 6.07) is 9.54. The average Bonchev–Trinajstić information content (AvgIpc) is 3.33. The fourth-order valence-corrected chi connectivity index (χ4v) is 5.06. The van der Waals surface area contributed by atoms with Gasteiger partial charge in [0.15, 0.2) is 0 Å². The van der Waals surface area contributed by atoms with Crippen LogP contribution in [0.1, 0.15) is 43.7 Å². The van der Waals surface area contributed by atoms with E-state index in [1.54, 1.807) is 41.0 Å². The molecule has 3 unspecified atom stereocenters. The number of hydrogen-bond donors (Lipinski definition) is 2. The molecule has 4 amide bonds. The first-order valence-corrected chi connectivity index (χ1v) is 12.9. The number of rotatable bonds is 7. The predicted molar refractivity (Wildman–Crippen MR) is 135 cm³/mol. The molecule has 4 rings (SSSR count). The van der Waals surface area contributed by atoms with Crippen molar-refractivity contribution in [2.45, 2.75) is 63.7 Å². The van der Waals surface area contributed by atoms with Crippen LogP contribution in [-0.4, -0.2) is 64.6 Å². The van der Waals surface area contributed by atoms with Crippen LogP contribution in [0.5, 0.6) is 0 Å². The van der Waals surface area contributed by atoms with Gasteiger partial charge in [-0.1, -0.05) is 31.2 Å². The quantitative estimate of drug-likeness (QED) is 0.579. The molecule has 38 heavy (non-hydrogen) atoms. The van der Waals surface area contributed by atoms with E-state index in [0.29, 0.717) is 31.4 Å². The summed E-state index contributed by atoms with van der Waals surface area (Å²) in [4.78, 5) is 55.4. The van der Waals surface area contributed by atoms with Gasteiger partial charge >= 0.3 is 0 Å². The van der Waals surface area contributed by atoms with Crippen LogP contribution >= 0.6 is 0 Å². The largest absolute Gasteiger partial charge is 0.350 e. The van der Waals surface area contributed by atoms with Gasteiger partial charge in [0, 0.05) is 32.1 Å². The summed E-state index contributed by atoms with van der Waals surface area (Å²) in [7, 11) is 0. The highest BCUT2D eigenvalue weighted by molar-refractivity contribution is 5.93. The number of carbonyl (C=O) groups is 4. The summed E-state index contributed by atoms with van der Waals surface area (Å²) in [5.74, 6) is -2.01. The van der Waals surface area contributed by atoms with Crippen LogP contribution in [0.2, 0.25) is 0 Å². The van der Waals surface area contributed by atoms with Crippen molar-refractivity contribution in [3.05, 3.63) is 71.3 Å². The van der Waals surface area contributed by atoms with Crippen molar-refractivity contribution in [2.24, 2.45) is 0 Å². The second kappa shape index (κ2) is 12.1. The van der Waals surface area contributed by atoms with Crippen LogP contribution in [-0.2, 0) is 32.1 Å². The zero-order chi connectivity index (χ0) is 27.2. The molecule has 2 aromatic rings. The van der Waals surface area contributed by atoms with E-state index < -0.39 is 23.8 Å². The molecule has 0 saturated carbocycles. The van der Waals surface area contributed by atoms with E-state index in [4.69, 9.17) is 0 Å². The molecule has 10 heteroatoms. The number of nitrogens with one attached hydrogen (secondary N) is 2. The van der Waals surface area contributed by atoms with Crippen molar-refractivity contribution in [1.29, 1.82) is 0 Å². The number of amides is 4. The normalized spacial score (nSPS) is 21.3. The minimum atomic E-state index is -0.993. The van der Waals surface area contributed by atoms with Crippen molar-refractivity contribution >= 4 is 23.6 Å². The third-order valence-corrected chi connectivity index (χ3v) is 7.15. The van der Waals surface area contributed by atoms with E-state index in [-0.39, 0.29) is 55.5 Å². The molecule has 8 nitrogen and oxygen atoms in total. The van der Waals surface area contributed by atoms with E-state index in [2.05, 4.69) is 10.6 Å². The first-order chi connectivity index (χ1) is 18.2. The summed E-state index contributed by atoms with van der Waals surface area (Å²) in [5, 5.41) is 5.58. The molecule has 0 spiro atoms. The van der Waals surface area contributed by atoms with E-state index in [9.17, 15) is 28.0 Å². The molecule has 0 aromatic heterocycles. The highest BCUT2D eigenvalue weighted by atomic mass is 19.1. The number of benzene rings is 2. The Balaban J connectivity index is 1.48. The Morgan fingerprint density at radius 2 is 1.55 bits per heavy atom. The monoisotopic (exact) mass is 526 g/mol. The van der Waals surface area contributed by atoms with Crippen molar-refractivity contribution in [2.75, 3.05) is 13.1 Å². The summed E-state index contributed by atoms with van der Waals surface area (Å²) in [6.07, 6.45) is 1.76. The van der Waals surface area contributed by atoms with Gasteiger partial charge in [-0.15, -0.1) is 0 Å². The highest BCUT2D eigenvalue weighted by Crippen LogP contribution is 2.29. The third kappa shape index (κ3) is 6.54. The van der Waals surface area contributed by atoms with Gasteiger partial charge in [-0.3, -0.25) is 19.2 Å². The van der Waals surface area contributed by atoms with Crippen molar-refractivity contribution in [3.8, 4) is 0 Å². The van der Waals surface area contributed by atoms with Crippen molar-refractivity contribution < 1.29 is 28.0 Å². The van der Waals surface area contributed by atoms with Gasteiger partial charge in [-0.05, 0) is 54.7 Å².